The number of pyridine rings is 1. The number of halogens is 1. The van der Waals surface area contributed by atoms with Gasteiger partial charge in [-0.1, -0.05) is 0 Å². The molecule has 8 nitrogen and oxygen atoms in total. The van der Waals surface area contributed by atoms with Gasteiger partial charge in [0.15, 0.2) is 0 Å². The highest BCUT2D eigenvalue weighted by Crippen LogP contribution is 2.44. The molecule has 1 fully saturated rings. The topological polar surface area (TPSA) is 95.8 Å². The molecule has 3 aliphatic rings. The third kappa shape index (κ3) is 5.00. The van der Waals surface area contributed by atoms with E-state index in [1.165, 1.54) is 12.1 Å². The van der Waals surface area contributed by atoms with E-state index in [0.29, 0.717) is 29.1 Å². The zero-order valence-corrected chi connectivity index (χ0v) is 20.8. The number of amides is 1. The van der Waals surface area contributed by atoms with Crippen molar-refractivity contribution in [2.24, 2.45) is 5.73 Å². The Morgan fingerprint density at radius 2 is 1.89 bits per heavy atom. The minimum absolute atomic E-state index is 0.294. The lowest BCUT2D eigenvalue weighted by atomic mass is 9.93. The van der Waals surface area contributed by atoms with Crippen LogP contribution in [0.5, 0.6) is 0 Å². The normalized spacial score (nSPS) is 21.7. The summed E-state index contributed by atoms with van der Waals surface area (Å²) in [6.45, 7) is 11.6. The first-order valence-electron chi connectivity index (χ1n) is 12.5. The summed E-state index contributed by atoms with van der Waals surface area (Å²) in [4.78, 5) is 22.1. The number of nitrogens with two attached hydrogens (primary N) is 1. The maximum absolute atomic E-state index is 13.9. The van der Waals surface area contributed by atoms with Gasteiger partial charge < -0.3 is 21.1 Å². The van der Waals surface area contributed by atoms with Crippen LogP contribution >= 0.6 is 0 Å². The van der Waals surface area contributed by atoms with Gasteiger partial charge in [-0.15, -0.1) is 0 Å². The molecule has 2 aromatic rings. The molecular weight excluding hydrogens is 459 g/mol. The number of piperazine rings is 1. The first-order valence-corrected chi connectivity index (χ1v) is 12.5. The number of benzene rings is 1. The lowest BCUT2D eigenvalue weighted by molar-refractivity contribution is -0.111. The zero-order valence-electron chi connectivity index (χ0n) is 20.8. The number of carbonyl (C=O) groups is 1. The molecule has 1 aromatic carbocycles. The molecule has 1 amide bonds. The largest absolute Gasteiger partial charge is 0.482 e. The van der Waals surface area contributed by atoms with Crippen LogP contribution in [0.2, 0.25) is 0 Å². The Hall–Kier alpha value is -3.27. The van der Waals surface area contributed by atoms with Crippen LogP contribution in [0.1, 0.15) is 25.0 Å². The van der Waals surface area contributed by atoms with Crippen molar-refractivity contribution in [1.82, 2.24) is 14.8 Å². The molecule has 0 atom stereocenters. The highest BCUT2D eigenvalue weighted by molar-refractivity contribution is 6.32. The van der Waals surface area contributed by atoms with Crippen molar-refractivity contribution in [2.45, 2.75) is 19.4 Å². The number of allylic oxidation sites excluding steroid dienone is 1. The van der Waals surface area contributed by atoms with Gasteiger partial charge in [-0.05, 0) is 50.3 Å². The van der Waals surface area contributed by atoms with E-state index >= 15 is 0 Å². The molecule has 4 N–H and O–H groups in total. The number of anilines is 2. The second kappa shape index (κ2) is 10.0. The Morgan fingerprint density at radius 1 is 1.14 bits per heavy atom. The molecule has 0 spiro atoms. The molecule has 0 radical (unpaired) electrons. The van der Waals surface area contributed by atoms with Gasteiger partial charge in [0.1, 0.15) is 23.0 Å². The molecule has 0 aliphatic carbocycles. The Kier molecular flexibility index (Phi) is 6.79. The molecule has 4 heterocycles. The van der Waals surface area contributed by atoms with Gasteiger partial charge in [-0.25, -0.2) is 9.37 Å². The predicted octanol–water partition coefficient (Wildman–Crippen LogP) is 2.76. The lowest BCUT2D eigenvalue weighted by Gasteiger charge is -2.34. The summed E-state index contributed by atoms with van der Waals surface area (Å²) in [6.07, 6.45) is 3.68. The van der Waals surface area contributed by atoms with Crippen LogP contribution in [0.25, 0.3) is 11.1 Å². The quantitative estimate of drug-likeness (QED) is 0.512. The average Bonchev–Trinajstić information content (AvgIpc) is 3.35. The Labute approximate surface area is 211 Å². The number of carbonyl (C=O) groups excluding carboxylic acids is 1. The molecule has 36 heavy (non-hydrogen) atoms. The van der Waals surface area contributed by atoms with Crippen LogP contribution in [0, 0.1) is 5.82 Å². The van der Waals surface area contributed by atoms with Crippen molar-refractivity contribution >= 4 is 28.6 Å². The van der Waals surface area contributed by atoms with Crippen LogP contribution in [0.3, 0.4) is 0 Å². The van der Waals surface area contributed by atoms with Gasteiger partial charge in [-0.2, -0.15) is 0 Å². The summed E-state index contributed by atoms with van der Waals surface area (Å²) >= 11 is 0. The summed E-state index contributed by atoms with van der Waals surface area (Å²) in [6, 6.07) is 8.23. The van der Waals surface area contributed by atoms with Crippen molar-refractivity contribution < 1.29 is 13.9 Å². The highest BCUT2D eigenvalue weighted by atomic mass is 19.1. The van der Waals surface area contributed by atoms with E-state index < -0.39 is 11.4 Å². The minimum Gasteiger partial charge on any atom is -0.482 e. The van der Waals surface area contributed by atoms with Crippen molar-refractivity contribution in [3.63, 3.8) is 0 Å². The summed E-state index contributed by atoms with van der Waals surface area (Å²) in [5, 5.41) is 6.20. The van der Waals surface area contributed by atoms with Crippen molar-refractivity contribution in [3.05, 3.63) is 65.3 Å². The summed E-state index contributed by atoms with van der Waals surface area (Å²) in [7, 11) is 0. The first kappa shape index (κ1) is 24.4. The predicted molar refractivity (Wildman–Crippen MR) is 140 cm³/mol. The number of fused-ring (bicyclic) bond motifs is 1. The number of aromatic nitrogens is 1. The number of hydrogen-bond donors (Lipinski definition) is 3. The van der Waals surface area contributed by atoms with E-state index in [0.717, 1.165) is 62.8 Å². The van der Waals surface area contributed by atoms with E-state index in [1.54, 1.807) is 6.07 Å². The van der Waals surface area contributed by atoms with Crippen LogP contribution in [-0.2, 0) is 9.53 Å². The van der Waals surface area contributed by atoms with E-state index in [-0.39, 0.29) is 5.91 Å². The van der Waals surface area contributed by atoms with Gasteiger partial charge in [0, 0.05) is 80.9 Å². The molecular formula is C27H33FN6O2. The molecule has 5 rings (SSSR count). The second-order valence-corrected chi connectivity index (χ2v) is 9.88. The summed E-state index contributed by atoms with van der Waals surface area (Å²) in [5.74, 6) is 0.560. The minimum atomic E-state index is -0.665. The fourth-order valence-electron chi connectivity index (χ4n) is 5.02. The van der Waals surface area contributed by atoms with Gasteiger partial charge in [0.25, 0.3) is 5.91 Å². The fourth-order valence-corrected chi connectivity index (χ4v) is 5.02. The van der Waals surface area contributed by atoms with Crippen molar-refractivity contribution in [3.8, 4) is 0 Å². The van der Waals surface area contributed by atoms with Crippen LogP contribution in [0.15, 0.2) is 48.4 Å². The first-order chi connectivity index (χ1) is 17.3. The molecule has 9 heteroatoms. The van der Waals surface area contributed by atoms with Crippen molar-refractivity contribution in [1.29, 1.82) is 0 Å². The number of hydrogen-bond acceptors (Lipinski definition) is 7. The summed E-state index contributed by atoms with van der Waals surface area (Å²) < 4.78 is 20.1. The molecule has 3 aliphatic heterocycles. The SMILES string of the molecule is CC1(C)O/C(=C2/C(=O)Nc3ccc(F)cc32)C=C1c1ccc(NCCN2CCN(CCN)CC2)nc1. The van der Waals surface area contributed by atoms with Crippen LogP contribution in [-0.4, -0.2) is 78.7 Å². The molecule has 1 saturated heterocycles. The average molecular weight is 493 g/mol. The monoisotopic (exact) mass is 492 g/mol. The number of ether oxygens (including phenoxy) is 1. The maximum Gasteiger partial charge on any atom is 0.260 e. The van der Waals surface area contributed by atoms with E-state index in [2.05, 4.69) is 25.4 Å². The molecule has 0 unspecified atom stereocenters. The molecule has 0 bridgehead atoms. The van der Waals surface area contributed by atoms with Crippen molar-refractivity contribution in [2.75, 3.05) is 63.0 Å². The van der Waals surface area contributed by atoms with E-state index in [1.807, 2.05) is 38.3 Å². The van der Waals surface area contributed by atoms with E-state index in [4.69, 9.17) is 10.5 Å². The molecule has 0 saturated carbocycles. The van der Waals surface area contributed by atoms with Gasteiger partial charge >= 0.3 is 0 Å². The van der Waals surface area contributed by atoms with Crippen LogP contribution < -0.4 is 16.4 Å². The maximum atomic E-state index is 13.9. The molecule has 190 valence electrons. The van der Waals surface area contributed by atoms with E-state index in [9.17, 15) is 9.18 Å². The molecule has 1 aromatic heterocycles. The standard InChI is InChI=1S/C27H33FN6O2/c1-27(2)21(16-23(36-27)25-20-15-19(28)4-5-22(20)32-26(25)35)18-3-6-24(31-17-18)30-8-10-34-13-11-33(9-7-29)12-14-34/h3-6,15-17H,7-14,29H2,1-2H3,(H,30,31)(H,32,35)/b25-23+. The van der Waals surface area contributed by atoms with Crippen LogP contribution in [0.4, 0.5) is 15.9 Å². The number of rotatable bonds is 7. The Morgan fingerprint density at radius 3 is 2.58 bits per heavy atom. The second-order valence-electron chi connectivity index (χ2n) is 9.88. The fraction of sp³-hybridized carbons (Fsp3) is 0.407. The lowest BCUT2D eigenvalue weighted by Crippen LogP contribution is -2.48. The third-order valence-electron chi connectivity index (χ3n) is 6.98. The summed E-state index contributed by atoms with van der Waals surface area (Å²) in [5.41, 5.74) is 8.26. The highest BCUT2D eigenvalue weighted by Gasteiger charge is 2.38. The zero-order chi connectivity index (χ0) is 25.3. The number of nitrogens with one attached hydrogen (secondary N) is 2. The third-order valence-corrected chi connectivity index (χ3v) is 6.98. The number of nitrogens with zero attached hydrogens (tertiary/aromatic N) is 3. The van der Waals surface area contributed by atoms with Gasteiger partial charge in [0.2, 0.25) is 0 Å². The van der Waals surface area contributed by atoms with Gasteiger partial charge in [-0.3, -0.25) is 14.6 Å². The van der Waals surface area contributed by atoms with Gasteiger partial charge in [0.05, 0.1) is 5.57 Å². The Bertz CT molecular complexity index is 1200. The smallest absolute Gasteiger partial charge is 0.260 e. The Balaban J connectivity index is 1.25.